The number of amides is 3. The van der Waals surface area contributed by atoms with Crippen molar-refractivity contribution in [2.45, 2.75) is 32.6 Å². The molecular weight excluding hydrogens is 410 g/mol. The summed E-state index contributed by atoms with van der Waals surface area (Å²) in [5.41, 5.74) is 7.77. The molecule has 2 aliphatic rings. The number of rotatable bonds is 11. The summed E-state index contributed by atoms with van der Waals surface area (Å²) in [6.45, 7) is 3.25. The first kappa shape index (κ1) is 23.0. The Bertz CT molecular complexity index is 951. The summed E-state index contributed by atoms with van der Waals surface area (Å²) in [7, 11) is 0. The van der Waals surface area contributed by atoms with Crippen molar-refractivity contribution in [1.29, 1.82) is 0 Å². The van der Waals surface area contributed by atoms with Gasteiger partial charge in [-0.2, -0.15) is 4.99 Å². The fourth-order valence-electron chi connectivity index (χ4n) is 3.46. The molecule has 2 aliphatic heterocycles. The maximum atomic E-state index is 12.3. The maximum Gasteiger partial charge on any atom is 0.251 e. The highest BCUT2D eigenvalue weighted by atomic mass is 16.2. The molecule has 10 nitrogen and oxygen atoms in total. The Morgan fingerprint density at radius 3 is 2.44 bits per heavy atom. The van der Waals surface area contributed by atoms with Gasteiger partial charge in [-0.25, -0.2) is 4.99 Å². The lowest BCUT2D eigenvalue weighted by atomic mass is 9.98. The number of benzene rings is 1. The number of nitrogens with two attached hydrogens (primary N) is 1. The van der Waals surface area contributed by atoms with E-state index in [1.165, 1.54) is 6.92 Å². The molecule has 3 rings (SSSR count). The summed E-state index contributed by atoms with van der Waals surface area (Å²) >= 11 is 0. The Hall–Kier alpha value is -3.69. The van der Waals surface area contributed by atoms with E-state index in [4.69, 9.17) is 5.73 Å². The van der Waals surface area contributed by atoms with Gasteiger partial charge >= 0.3 is 0 Å². The molecule has 32 heavy (non-hydrogen) atoms. The van der Waals surface area contributed by atoms with Gasteiger partial charge in [0.1, 0.15) is 11.8 Å². The second kappa shape index (κ2) is 11.1. The topological polar surface area (TPSA) is 150 Å². The lowest BCUT2D eigenvalue weighted by Gasteiger charge is -2.20. The van der Waals surface area contributed by atoms with E-state index in [-0.39, 0.29) is 23.7 Å². The number of fused-ring (bicyclic) bond motifs is 1. The zero-order chi connectivity index (χ0) is 22.9. The van der Waals surface area contributed by atoms with E-state index < -0.39 is 5.92 Å². The third kappa shape index (κ3) is 6.40. The highest BCUT2D eigenvalue weighted by Gasteiger charge is 2.35. The van der Waals surface area contributed by atoms with E-state index in [0.717, 1.165) is 36.9 Å². The number of amidine groups is 1. The third-order valence-electron chi connectivity index (χ3n) is 5.15. The largest absolute Gasteiger partial charge is 0.381 e. The molecule has 10 heteroatoms. The van der Waals surface area contributed by atoms with Crippen molar-refractivity contribution < 1.29 is 14.4 Å². The molecule has 1 aromatic carbocycles. The van der Waals surface area contributed by atoms with E-state index in [0.29, 0.717) is 31.0 Å². The number of nitrogens with zero attached hydrogens (tertiary/aromatic N) is 2. The predicted octanol–water partition coefficient (Wildman–Crippen LogP) is 0.882. The van der Waals surface area contributed by atoms with Crippen LogP contribution in [0.25, 0.3) is 0 Å². The zero-order valence-electron chi connectivity index (χ0n) is 18.1. The Morgan fingerprint density at radius 2 is 1.75 bits per heavy atom. The van der Waals surface area contributed by atoms with Gasteiger partial charge in [-0.3, -0.25) is 19.7 Å². The molecule has 0 saturated heterocycles. The van der Waals surface area contributed by atoms with Crippen LogP contribution in [0.3, 0.4) is 0 Å². The monoisotopic (exact) mass is 439 g/mol. The summed E-state index contributed by atoms with van der Waals surface area (Å²) in [4.78, 5) is 43.4. The summed E-state index contributed by atoms with van der Waals surface area (Å²) in [5, 5.41) is 11.5. The second-order valence-corrected chi connectivity index (χ2v) is 7.69. The Balaban J connectivity index is 1.36. The number of carbonyl (C=O) groups is 3. The number of aliphatic imine (C=N–C) groups is 2. The predicted molar refractivity (Wildman–Crippen MR) is 123 cm³/mol. The lowest BCUT2D eigenvalue weighted by molar-refractivity contribution is -0.121. The molecule has 1 atom stereocenters. The number of anilines is 1. The van der Waals surface area contributed by atoms with E-state index in [1.807, 2.05) is 12.1 Å². The van der Waals surface area contributed by atoms with Crippen LogP contribution in [0.5, 0.6) is 0 Å². The van der Waals surface area contributed by atoms with Crippen molar-refractivity contribution in [3.05, 3.63) is 41.6 Å². The molecule has 3 amide bonds. The van der Waals surface area contributed by atoms with Crippen molar-refractivity contribution in [1.82, 2.24) is 16.0 Å². The van der Waals surface area contributed by atoms with E-state index in [2.05, 4.69) is 31.3 Å². The van der Waals surface area contributed by atoms with Gasteiger partial charge in [0.05, 0.1) is 0 Å². The van der Waals surface area contributed by atoms with Crippen LogP contribution in [0.2, 0.25) is 0 Å². The first-order valence-electron chi connectivity index (χ1n) is 10.7. The van der Waals surface area contributed by atoms with Crippen LogP contribution < -0.4 is 27.0 Å². The quantitative estimate of drug-likeness (QED) is 0.324. The van der Waals surface area contributed by atoms with Crippen LogP contribution in [-0.4, -0.2) is 49.2 Å². The van der Waals surface area contributed by atoms with Crippen LogP contribution in [0, 0.1) is 5.92 Å². The summed E-state index contributed by atoms with van der Waals surface area (Å²) < 4.78 is 0. The van der Waals surface area contributed by atoms with Crippen molar-refractivity contribution in [2.24, 2.45) is 21.6 Å². The van der Waals surface area contributed by atoms with Crippen LogP contribution in [0.4, 0.5) is 5.69 Å². The van der Waals surface area contributed by atoms with Gasteiger partial charge in [0, 0.05) is 44.0 Å². The molecule has 0 saturated carbocycles. The molecular formula is C22H29N7O3. The average Bonchev–Trinajstić information content (AvgIpc) is 3.17. The van der Waals surface area contributed by atoms with Gasteiger partial charge in [-0.05, 0) is 42.7 Å². The fourth-order valence-corrected chi connectivity index (χ4v) is 3.46. The number of nitrogens with one attached hydrogen (secondary N) is 4. The molecule has 0 radical (unpaired) electrons. The van der Waals surface area contributed by atoms with Gasteiger partial charge in [-0.15, -0.1) is 0 Å². The molecule has 0 bridgehead atoms. The molecule has 6 N–H and O–H groups in total. The first-order valence-corrected chi connectivity index (χ1v) is 10.7. The Kier molecular flexibility index (Phi) is 7.96. The van der Waals surface area contributed by atoms with Gasteiger partial charge in [0.2, 0.25) is 17.8 Å². The van der Waals surface area contributed by atoms with Gasteiger partial charge < -0.3 is 21.7 Å². The van der Waals surface area contributed by atoms with E-state index >= 15 is 0 Å². The smallest absolute Gasteiger partial charge is 0.251 e. The van der Waals surface area contributed by atoms with E-state index in [9.17, 15) is 14.4 Å². The normalized spacial score (nSPS) is 16.8. The molecule has 0 spiro atoms. The van der Waals surface area contributed by atoms with Crippen molar-refractivity contribution in [3.8, 4) is 0 Å². The summed E-state index contributed by atoms with van der Waals surface area (Å²) in [5.74, 6) is -0.409. The summed E-state index contributed by atoms with van der Waals surface area (Å²) in [6.07, 6.45) is 5.49. The lowest BCUT2D eigenvalue weighted by Crippen LogP contribution is -2.47. The van der Waals surface area contributed by atoms with Crippen molar-refractivity contribution >= 4 is 35.2 Å². The highest BCUT2D eigenvalue weighted by Crippen LogP contribution is 2.24. The number of carbonyl (C=O) groups excluding carboxylic acids is 3. The van der Waals surface area contributed by atoms with Crippen molar-refractivity contribution in [3.63, 3.8) is 0 Å². The van der Waals surface area contributed by atoms with Crippen molar-refractivity contribution in [2.75, 3.05) is 25.0 Å². The molecule has 0 aliphatic carbocycles. The van der Waals surface area contributed by atoms with Crippen LogP contribution in [0.1, 0.15) is 43.0 Å². The number of hydrogen-bond acceptors (Lipinski definition) is 7. The minimum absolute atomic E-state index is 0.00535. The van der Waals surface area contributed by atoms with E-state index in [1.54, 1.807) is 18.3 Å². The molecule has 2 heterocycles. The number of hydrogen-bond donors (Lipinski definition) is 5. The van der Waals surface area contributed by atoms with Crippen LogP contribution in [0.15, 0.2) is 46.0 Å². The molecule has 170 valence electrons. The zero-order valence-corrected chi connectivity index (χ0v) is 18.1. The maximum absolute atomic E-state index is 12.3. The standard InChI is InChI=1S/C22H29N7O3/c1-14(30)24-10-4-2-3-5-11-25-20(31)15-6-8-17(9-7-15)26-12-16-13-27-19-18(16)21(32)29-22(23)28-19/h6-9,13,18,26H,2-5,10-12H2,1H3,(H,24,30)(H,25,31)(H3,23,27,28,29,32). The third-order valence-corrected chi connectivity index (χ3v) is 5.15. The minimum Gasteiger partial charge on any atom is -0.381 e. The molecule has 0 fully saturated rings. The first-order chi connectivity index (χ1) is 15.4. The van der Waals surface area contributed by atoms with Crippen LogP contribution in [-0.2, 0) is 9.59 Å². The SMILES string of the molecule is CC(=O)NCCCCCCNC(=O)c1ccc(NCC2=CN=C3N=C(N)NC(=O)C23)cc1. The molecule has 0 aromatic heterocycles. The number of guanidine groups is 1. The van der Waals surface area contributed by atoms with Gasteiger partial charge in [0.15, 0.2) is 0 Å². The fraction of sp³-hybridized carbons (Fsp3) is 0.409. The second-order valence-electron chi connectivity index (χ2n) is 7.69. The Morgan fingerprint density at radius 1 is 1.06 bits per heavy atom. The molecule has 1 unspecified atom stereocenters. The average molecular weight is 440 g/mol. The number of unbranched alkanes of at least 4 members (excludes halogenated alkanes) is 3. The van der Waals surface area contributed by atoms with Crippen LogP contribution >= 0.6 is 0 Å². The van der Waals surface area contributed by atoms with Gasteiger partial charge in [0.25, 0.3) is 5.91 Å². The minimum atomic E-state index is -0.523. The molecule has 1 aromatic rings. The summed E-state index contributed by atoms with van der Waals surface area (Å²) in [6, 6.07) is 7.17. The highest BCUT2D eigenvalue weighted by molar-refractivity contribution is 6.19. The Labute approximate surface area is 186 Å². The van der Waals surface area contributed by atoms with Gasteiger partial charge in [-0.1, -0.05) is 12.8 Å².